The summed E-state index contributed by atoms with van der Waals surface area (Å²) in [5.74, 6) is -0.169. The van der Waals surface area contributed by atoms with Crippen molar-refractivity contribution in [2.45, 2.75) is 13.0 Å². The molecule has 0 aliphatic heterocycles. The number of nitrogen functional groups attached to an aromatic ring is 1. The SMILES string of the molecule is CC(c1ccc(Cl)cc1)N(C)C(=O)c1cc(Cl)ccc1N. The highest BCUT2D eigenvalue weighted by Crippen LogP contribution is 2.25. The van der Waals surface area contributed by atoms with Gasteiger partial charge in [0.05, 0.1) is 11.6 Å². The van der Waals surface area contributed by atoms with Crippen LogP contribution in [0.5, 0.6) is 0 Å². The van der Waals surface area contributed by atoms with Crippen LogP contribution in [0, 0.1) is 0 Å². The third-order valence-electron chi connectivity index (χ3n) is 3.50. The predicted octanol–water partition coefficient (Wildman–Crippen LogP) is 4.41. The summed E-state index contributed by atoms with van der Waals surface area (Å²) < 4.78 is 0. The fraction of sp³-hybridized carbons (Fsp3) is 0.188. The maximum Gasteiger partial charge on any atom is 0.256 e. The van der Waals surface area contributed by atoms with E-state index in [1.165, 1.54) is 0 Å². The Morgan fingerprint density at radius 1 is 1.10 bits per heavy atom. The van der Waals surface area contributed by atoms with E-state index in [1.54, 1.807) is 42.3 Å². The molecule has 0 bridgehead atoms. The van der Waals surface area contributed by atoms with Crippen molar-refractivity contribution in [2.75, 3.05) is 12.8 Å². The van der Waals surface area contributed by atoms with Crippen molar-refractivity contribution in [3.05, 3.63) is 63.6 Å². The van der Waals surface area contributed by atoms with E-state index in [0.717, 1.165) is 5.56 Å². The van der Waals surface area contributed by atoms with E-state index in [9.17, 15) is 4.79 Å². The van der Waals surface area contributed by atoms with Gasteiger partial charge in [-0.25, -0.2) is 0 Å². The molecule has 1 unspecified atom stereocenters. The lowest BCUT2D eigenvalue weighted by atomic mass is 10.1. The van der Waals surface area contributed by atoms with Gasteiger partial charge in [0, 0.05) is 22.8 Å². The van der Waals surface area contributed by atoms with Crippen molar-refractivity contribution in [3.8, 4) is 0 Å². The molecule has 2 aromatic carbocycles. The molecule has 2 rings (SSSR count). The first-order chi connectivity index (χ1) is 9.90. The largest absolute Gasteiger partial charge is 0.398 e. The van der Waals surface area contributed by atoms with Gasteiger partial charge in [-0.1, -0.05) is 35.3 Å². The lowest BCUT2D eigenvalue weighted by molar-refractivity contribution is 0.0743. The van der Waals surface area contributed by atoms with E-state index in [0.29, 0.717) is 21.3 Å². The van der Waals surface area contributed by atoms with E-state index in [4.69, 9.17) is 28.9 Å². The molecule has 0 aliphatic carbocycles. The van der Waals surface area contributed by atoms with Gasteiger partial charge in [0.2, 0.25) is 0 Å². The molecule has 0 fully saturated rings. The number of benzene rings is 2. The highest BCUT2D eigenvalue weighted by molar-refractivity contribution is 6.31. The highest BCUT2D eigenvalue weighted by Gasteiger charge is 2.20. The van der Waals surface area contributed by atoms with Crippen LogP contribution in [0.15, 0.2) is 42.5 Å². The number of nitrogens with zero attached hydrogens (tertiary/aromatic N) is 1. The first kappa shape index (κ1) is 15.7. The summed E-state index contributed by atoms with van der Waals surface area (Å²) in [5, 5.41) is 1.15. The van der Waals surface area contributed by atoms with E-state index in [-0.39, 0.29) is 11.9 Å². The molecule has 0 spiro atoms. The van der Waals surface area contributed by atoms with Gasteiger partial charge in [-0.2, -0.15) is 0 Å². The summed E-state index contributed by atoms with van der Waals surface area (Å²) in [6.45, 7) is 1.95. The zero-order chi connectivity index (χ0) is 15.6. The fourth-order valence-corrected chi connectivity index (χ4v) is 2.34. The van der Waals surface area contributed by atoms with Gasteiger partial charge in [-0.05, 0) is 42.8 Å². The Balaban J connectivity index is 2.26. The van der Waals surface area contributed by atoms with Gasteiger partial charge < -0.3 is 10.6 Å². The summed E-state index contributed by atoms with van der Waals surface area (Å²) in [6.07, 6.45) is 0. The second-order valence-corrected chi connectivity index (χ2v) is 5.75. The van der Waals surface area contributed by atoms with E-state index in [1.807, 2.05) is 19.1 Å². The number of rotatable bonds is 3. The second kappa shape index (κ2) is 6.37. The van der Waals surface area contributed by atoms with Gasteiger partial charge in [-0.3, -0.25) is 4.79 Å². The average Bonchev–Trinajstić information content (AvgIpc) is 2.48. The van der Waals surface area contributed by atoms with Crippen LogP contribution >= 0.6 is 23.2 Å². The Morgan fingerprint density at radius 3 is 2.29 bits per heavy atom. The molecular weight excluding hydrogens is 307 g/mol. The van der Waals surface area contributed by atoms with Crippen molar-refractivity contribution in [3.63, 3.8) is 0 Å². The van der Waals surface area contributed by atoms with Crippen molar-refractivity contribution >= 4 is 34.8 Å². The average molecular weight is 323 g/mol. The summed E-state index contributed by atoms with van der Waals surface area (Å²) in [6, 6.07) is 12.2. The van der Waals surface area contributed by atoms with Gasteiger partial charge in [0.15, 0.2) is 0 Å². The van der Waals surface area contributed by atoms with Gasteiger partial charge in [0.25, 0.3) is 5.91 Å². The first-order valence-corrected chi connectivity index (χ1v) is 7.23. The van der Waals surface area contributed by atoms with Gasteiger partial charge in [0.1, 0.15) is 0 Å². The normalized spacial score (nSPS) is 12.0. The summed E-state index contributed by atoms with van der Waals surface area (Å²) in [5.41, 5.74) is 7.68. The predicted molar refractivity (Wildman–Crippen MR) is 87.8 cm³/mol. The van der Waals surface area contributed by atoms with E-state index >= 15 is 0 Å². The monoisotopic (exact) mass is 322 g/mol. The zero-order valence-corrected chi connectivity index (χ0v) is 13.3. The molecule has 110 valence electrons. The van der Waals surface area contributed by atoms with Crippen LogP contribution in [0.2, 0.25) is 10.0 Å². The minimum atomic E-state index is -0.169. The summed E-state index contributed by atoms with van der Waals surface area (Å²) in [7, 11) is 1.74. The second-order valence-electron chi connectivity index (χ2n) is 4.88. The first-order valence-electron chi connectivity index (χ1n) is 6.48. The maximum absolute atomic E-state index is 12.6. The lowest BCUT2D eigenvalue weighted by Gasteiger charge is -2.26. The van der Waals surface area contributed by atoms with Crippen molar-refractivity contribution < 1.29 is 4.79 Å². The molecule has 0 heterocycles. The molecule has 1 atom stereocenters. The van der Waals surface area contributed by atoms with Crippen molar-refractivity contribution in [2.24, 2.45) is 0 Å². The molecule has 0 saturated carbocycles. The fourth-order valence-electron chi connectivity index (χ4n) is 2.04. The number of carbonyl (C=O) groups is 1. The van der Waals surface area contributed by atoms with Crippen LogP contribution in [-0.2, 0) is 0 Å². The lowest BCUT2D eigenvalue weighted by Crippen LogP contribution is -2.30. The van der Waals surface area contributed by atoms with Crippen LogP contribution in [0.3, 0.4) is 0 Å². The van der Waals surface area contributed by atoms with E-state index < -0.39 is 0 Å². The Labute approximate surface area is 134 Å². The number of hydrogen-bond donors (Lipinski definition) is 1. The molecule has 2 aromatic rings. The zero-order valence-electron chi connectivity index (χ0n) is 11.8. The number of halogens is 2. The molecule has 0 aromatic heterocycles. The van der Waals surface area contributed by atoms with Crippen LogP contribution in [0.1, 0.15) is 28.9 Å². The molecule has 5 heteroatoms. The number of amides is 1. The molecule has 0 radical (unpaired) electrons. The number of nitrogens with two attached hydrogens (primary N) is 1. The number of hydrogen-bond acceptors (Lipinski definition) is 2. The minimum Gasteiger partial charge on any atom is -0.398 e. The molecule has 2 N–H and O–H groups in total. The Morgan fingerprint density at radius 2 is 1.67 bits per heavy atom. The maximum atomic E-state index is 12.6. The standard InChI is InChI=1S/C16H16Cl2N2O/c1-10(11-3-5-12(17)6-4-11)20(2)16(21)14-9-13(18)7-8-15(14)19/h3-10H,19H2,1-2H3. The Kier molecular flexibility index (Phi) is 4.76. The van der Waals surface area contributed by atoms with Crippen molar-refractivity contribution in [1.82, 2.24) is 4.90 Å². The number of carbonyl (C=O) groups excluding carboxylic acids is 1. The summed E-state index contributed by atoms with van der Waals surface area (Å²) in [4.78, 5) is 14.2. The highest BCUT2D eigenvalue weighted by atomic mass is 35.5. The Hall–Kier alpha value is -1.71. The molecule has 0 saturated heterocycles. The summed E-state index contributed by atoms with van der Waals surface area (Å²) >= 11 is 11.8. The molecule has 21 heavy (non-hydrogen) atoms. The van der Waals surface area contributed by atoms with Gasteiger partial charge >= 0.3 is 0 Å². The quantitative estimate of drug-likeness (QED) is 0.851. The van der Waals surface area contributed by atoms with E-state index in [2.05, 4.69) is 0 Å². The molecule has 1 amide bonds. The molecule has 0 aliphatic rings. The van der Waals surface area contributed by atoms with Crippen LogP contribution in [0.25, 0.3) is 0 Å². The smallest absolute Gasteiger partial charge is 0.256 e. The van der Waals surface area contributed by atoms with Gasteiger partial charge in [-0.15, -0.1) is 0 Å². The topological polar surface area (TPSA) is 46.3 Å². The van der Waals surface area contributed by atoms with Crippen molar-refractivity contribution in [1.29, 1.82) is 0 Å². The van der Waals surface area contributed by atoms with Crippen LogP contribution in [0.4, 0.5) is 5.69 Å². The Bertz CT molecular complexity index is 656. The third kappa shape index (κ3) is 3.49. The number of anilines is 1. The van der Waals surface area contributed by atoms with Crippen LogP contribution in [-0.4, -0.2) is 17.9 Å². The molecular formula is C16H16Cl2N2O. The minimum absolute atomic E-state index is 0.104. The molecule has 3 nitrogen and oxygen atoms in total. The third-order valence-corrected chi connectivity index (χ3v) is 3.99. The van der Waals surface area contributed by atoms with Crippen LogP contribution < -0.4 is 5.73 Å².